The molecule has 0 aliphatic heterocycles. The minimum atomic E-state index is -0.264. The van der Waals surface area contributed by atoms with Crippen LogP contribution in [0.4, 0.5) is 10.6 Å². The number of nitrogens with one attached hydrogen (secondary N) is 2. The van der Waals surface area contributed by atoms with Crippen molar-refractivity contribution in [3.63, 3.8) is 0 Å². The maximum absolute atomic E-state index is 11.7. The Hall–Kier alpha value is -3.39. The minimum absolute atomic E-state index is 0.264. The maximum atomic E-state index is 11.7. The molecule has 0 aliphatic rings. The predicted octanol–water partition coefficient (Wildman–Crippen LogP) is 4.42. The molecule has 26 heavy (non-hydrogen) atoms. The number of urea groups is 1. The summed E-state index contributed by atoms with van der Waals surface area (Å²) in [6.07, 6.45) is 2.20. The van der Waals surface area contributed by atoms with E-state index in [9.17, 15) is 4.79 Å². The van der Waals surface area contributed by atoms with Crippen LogP contribution in [0, 0.1) is 18.3 Å². The lowest BCUT2D eigenvalue weighted by molar-refractivity contribution is 0.252. The number of carbonyl (C=O) groups excluding carboxylic acids is 1. The van der Waals surface area contributed by atoms with Gasteiger partial charge in [0, 0.05) is 18.1 Å². The number of hydrogen-bond acceptors (Lipinski definition) is 3. The highest BCUT2D eigenvalue weighted by Gasteiger charge is 2.07. The van der Waals surface area contributed by atoms with Crippen molar-refractivity contribution in [3.8, 4) is 17.2 Å². The fourth-order valence-corrected chi connectivity index (χ4v) is 2.90. The van der Waals surface area contributed by atoms with E-state index in [1.807, 2.05) is 37.3 Å². The number of rotatable bonds is 4. The molecule has 1 aromatic heterocycles. The third kappa shape index (κ3) is 3.81. The molecule has 130 valence electrons. The van der Waals surface area contributed by atoms with Crippen LogP contribution in [0.25, 0.3) is 21.9 Å². The molecular formula is C21H20N4O. The van der Waals surface area contributed by atoms with Crippen LogP contribution in [-0.2, 0) is 6.42 Å². The van der Waals surface area contributed by atoms with Gasteiger partial charge in [-0.25, -0.2) is 9.78 Å². The van der Waals surface area contributed by atoms with Gasteiger partial charge in [0.25, 0.3) is 0 Å². The fourth-order valence-electron chi connectivity index (χ4n) is 2.90. The molecule has 0 saturated heterocycles. The minimum Gasteiger partial charge on any atom is -0.338 e. The van der Waals surface area contributed by atoms with Gasteiger partial charge < -0.3 is 5.32 Å². The smallest absolute Gasteiger partial charge is 0.320 e. The normalized spacial score (nSPS) is 10.3. The topological polar surface area (TPSA) is 77.8 Å². The number of amides is 2. The Morgan fingerprint density at radius 1 is 1.15 bits per heavy atom. The number of carbonyl (C=O) groups is 1. The van der Waals surface area contributed by atoms with E-state index in [1.165, 1.54) is 0 Å². The van der Waals surface area contributed by atoms with Crippen molar-refractivity contribution in [2.45, 2.75) is 20.3 Å². The van der Waals surface area contributed by atoms with E-state index in [0.717, 1.165) is 33.0 Å². The summed E-state index contributed by atoms with van der Waals surface area (Å²) in [4.78, 5) is 16.0. The van der Waals surface area contributed by atoms with Gasteiger partial charge in [-0.15, -0.1) is 0 Å². The lowest BCUT2D eigenvalue weighted by atomic mass is 9.97. The predicted molar refractivity (Wildman–Crippen MR) is 104 cm³/mol. The molecule has 5 nitrogen and oxygen atoms in total. The van der Waals surface area contributed by atoms with Crippen molar-refractivity contribution < 1.29 is 4.79 Å². The first-order valence-corrected chi connectivity index (χ1v) is 8.52. The van der Waals surface area contributed by atoms with Gasteiger partial charge in [-0.3, -0.25) is 5.32 Å². The van der Waals surface area contributed by atoms with E-state index in [2.05, 4.69) is 40.7 Å². The molecule has 1 heterocycles. The van der Waals surface area contributed by atoms with Crippen LogP contribution in [0.2, 0.25) is 0 Å². The quantitative estimate of drug-likeness (QED) is 0.735. The second-order valence-corrected chi connectivity index (χ2v) is 6.10. The van der Waals surface area contributed by atoms with Crippen molar-refractivity contribution in [2.24, 2.45) is 0 Å². The molecule has 5 heteroatoms. The van der Waals surface area contributed by atoms with Crippen LogP contribution < -0.4 is 10.6 Å². The molecule has 2 N–H and O–H groups in total. The highest BCUT2D eigenvalue weighted by Crippen LogP contribution is 2.28. The third-order valence-electron chi connectivity index (χ3n) is 4.19. The second kappa shape index (κ2) is 7.66. The van der Waals surface area contributed by atoms with E-state index in [1.54, 1.807) is 6.20 Å². The van der Waals surface area contributed by atoms with Gasteiger partial charge in [0.15, 0.2) is 0 Å². The standard InChI is InChI=1S/C21H20N4O/c1-3-23-21(26)25-20-12-18-11-17(10-14(2)19(18)13-24-20)16-6-4-15(5-7-16)8-9-22/h4-7,10-13H,3,8H2,1-2H3,(H2,23,24,25,26). The van der Waals surface area contributed by atoms with Gasteiger partial charge in [-0.2, -0.15) is 5.26 Å². The molecule has 2 aromatic carbocycles. The SMILES string of the molecule is CCNC(=O)Nc1cc2cc(-c3ccc(CC#N)cc3)cc(C)c2cn1. The summed E-state index contributed by atoms with van der Waals surface area (Å²) in [6.45, 7) is 4.48. The van der Waals surface area contributed by atoms with E-state index in [-0.39, 0.29) is 6.03 Å². The number of aromatic nitrogens is 1. The molecule has 2 amide bonds. The summed E-state index contributed by atoms with van der Waals surface area (Å²) in [7, 11) is 0. The van der Waals surface area contributed by atoms with Gasteiger partial charge in [-0.05, 0) is 53.6 Å². The molecule has 3 aromatic rings. The molecule has 0 unspecified atom stereocenters. The summed E-state index contributed by atoms with van der Waals surface area (Å²) in [5.74, 6) is 0.518. The first-order chi connectivity index (χ1) is 12.6. The van der Waals surface area contributed by atoms with E-state index in [4.69, 9.17) is 5.26 Å². The highest BCUT2D eigenvalue weighted by atomic mass is 16.2. The molecule has 0 saturated carbocycles. The number of fused-ring (bicyclic) bond motifs is 1. The van der Waals surface area contributed by atoms with Crippen molar-refractivity contribution in [1.29, 1.82) is 5.26 Å². The molecule has 0 radical (unpaired) electrons. The van der Waals surface area contributed by atoms with Crippen molar-refractivity contribution in [1.82, 2.24) is 10.3 Å². The van der Waals surface area contributed by atoms with Crippen LogP contribution in [0.5, 0.6) is 0 Å². The molecular weight excluding hydrogens is 324 g/mol. The molecule has 0 atom stereocenters. The number of pyridine rings is 1. The molecule has 3 rings (SSSR count). The lowest BCUT2D eigenvalue weighted by Gasteiger charge is -2.10. The number of nitriles is 1. The van der Waals surface area contributed by atoms with E-state index >= 15 is 0 Å². The number of anilines is 1. The zero-order chi connectivity index (χ0) is 18.5. The average molecular weight is 344 g/mol. The van der Waals surface area contributed by atoms with Crippen molar-refractivity contribution in [3.05, 3.63) is 59.8 Å². The van der Waals surface area contributed by atoms with Gasteiger partial charge in [0.05, 0.1) is 12.5 Å². The summed E-state index contributed by atoms with van der Waals surface area (Å²) >= 11 is 0. The zero-order valence-electron chi connectivity index (χ0n) is 14.8. The lowest BCUT2D eigenvalue weighted by Crippen LogP contribution is -2.28. The van der Waals surface area contributed by atoms with Crippen LogP contribution in [0.1, 0.15) is 18.1 Å². The van der Waals surface area contributed by atoms with Gasteiger partial charge >= 0.3 is 6.03 Å². The van der Waals surface area contributed by atoms with Gasteiger partial charge in [0.2, 0.25) is 0 Å². The van der Waals surface area contributed by atoms with E-state index < -0.39 is 0 Å². The monoisotopic (exact) mass is 344 g/mol. The first kappa shape index (κ1) is 17.4. The Balaban J connectivity index is 1.96. The summed E-state index contributed by atoms with van der Waals surface area (Å²) in [5.41, 5.74) is 4.31. The fraction of sp³-hybridized carbons (Fsp3) is 0.190. The Kier molecular flexibility index (Phi) is 5.14. The third-order valence-corrected chi connectivity index (χ3v) is 4.19. The number of hydrogen-bond donors (Lipinski definition) is 2. The molecule has 0 spiro atoms. The van der Waals surface area contributed by atoms with E-state index in [0.29, 0.717) is 18.8 Å². The Bertz CT molecular complexity index is 987. The average Bonchev–Trinajstić information content (AvgIpc) is 2.62. The summed E-state index contributed by atoms with van der Waals surface area (Å²) in [5, 5.41) is 16.3. The number of benzene rings is 2. The van der Waals surface area contributed by atoms with Crippen LogP contribution >= 0.6 is 0 Å². The Morgan fingerprint density at radius 2 is 1.92 bits per heavy atom. The molecule has 0 fully saturated rings. The Morgan fingerprint density at radius 3 is 2.62 bits per heavy atom. The first-order valence-electron chi connectivity index (χ1n) is 8.52. The number of aryl methyl sites for hydroxylation is 1. The maximum Gasteiger partial charge on any atom is 0.320 e. The second-order valence-electron chi connectivity index (χ2n) is 6.10. The molecule has 0 bridgehead atoms. The summed E-state index contributed by atoms with van der Waals surface area (Å²) < 4.78 is 0. The zero-order valence-corrected chi connectivity index (χ0v) is 14.8. The molecule has 0 aliphatic carbocycles. The summed E-state index contributed by atoms with van der Waals surface area (Å²) in [6, 6.07) is 16.0. The van der Waals surface area contributed by atoms with Crippen LogP contribution in [0.3, 0.4) is 0 Å². The number of nitrogens with zero attached hydrogens (tertiary/aromatic N) is 2. The van der Waals surface area contributed by atoms with Gasteiger partial charge in [0.1, 0.15) is 5.82 Å². The van der Waals surface area contributed by atoms with Crippen molar-refractivity contribution >= 4 is 22.6 Å². The van der Waals surface area contributed by atoms with Crippen molar-refractivity contribution in [2.75, 3.05) is 11.9 Å². The van der Waals surface area contributed by atoms with Crippen LogP contribution in [0.15, 0.2) is 48.7 Å². The largest absolute Gasteiger partial charge is 0.338 e. The van der Waals surface area contributed by atoms with Crippen LogP contribution in [-0.4, -0.2) is 17.6 Å². The Labute approximate surface area is 152 Å². The van der Waals surface area contributed by atoms with Gasteiger partial charge in [-0.1, -0.05) is 30.3 Å². The highest BCUT2D eigenvalue weighted by molar-refractivity contribution is 5.94.